The SMILES string of the molecule is CCN1CCc2c(sc3c2C(=O)N[C@@H](c2cc(Br)cc(C)c2O)N3)C1. The third kappa shape index (κ3) is 2.84. The van der Waals surface area contributed by atoms with Crippen molar-refractivity contribution in [2.75, 3.05) is 18.4 Å². The molecule has 0 fully saturated rings. The second kappa shape index (κ2) is 6.30. The van der Waals surface area contributed by atoms with Crippen molar-refractivity contribution in [3.8, 4) is 5.75 Å². The zero-order chi connectivity index (χ0) is 17.7. The first kappa shape index (κ1) is 16.9. The Kier molecular flexibility index (Phi) is 4.25. The maximum absolute atomic E-state index is 12.8. The van der Waals surface area contributed by atoms with Gasteiger partial charge >= 0.3 is 0 Å². The molecule has 2 aliphatic heterocycles. The molecule has 3 N–H and O–H groups in total. The van der Waals surface area contributed by atoms with E-state index in [2.05, 4.69) is 38.4 Å². The molecule has 0 spiro atoms. The normalized spacial score (nSPS) is 19.8. The molecular weight excluding hydrogens is 402 g/mol. The van der Waals surface area contributed by atoms with Crippen LogP contribution in [-0.4, -0.2) is 29.0 Å². The van der Waals surface area contributed by atoms with Crippen molar-refractivity contribution in [3.63, 3.8) is 0 Å². The molecule has 2 aliphatic rings. The second-order valence-electron chi connectivity index (χ2n) is 6.54. The summed E-state index contributed by atoms with van der Waals surface area (Å²) >= 11 is 5.13. The molecule has 0 aliphatic carbocycles. The fourth-order valence-corrected chi connectivity index (χ4v) is 5.48. The molecule has 0 radical (unpaired) electrons. The van der Waals surface area contributed by atoms with Crippen LogP contribution < -0.4 is 10.6 Å². The number of amides is 1. The summed E-state index contributed by atoms with van der Waals surface area (Å²) in [5, 5.41) is 17.8. The number of nitrogens with one attached hydrogen (secondary N) is 2. The van der Waals surface area contributed by atoms with Crippen molar-refractivity contribution in [2.24, 2.45) is 0 Å². The quantitative estimate of drug-likeness (QED) is 0.690. The molecule has 1 aromatic carbocycles. The first-order valence-corrected chi connectivity index (χ1v) is 10.0. The van der Waals surface area contributed by atoms with Crippen LogP contribution in [0.4, 0.5) is 5.00 Å². The predicted molar refractivity (Wildman–Crippen MR) is 103 cm³/mol. The molecule has 0 saturated carbocycles. The Morgan fingerprint density at radius 2 is 2.20 bits per heavy atom. The van der Waals surface area contributed by atoms with Gasteiger partial charge in [0, 0.05) is 28.0 Å². The maximum Gasteiger partial charge on any atom is 0.256 e. The first-order valence-electron chi connectivity index (χ1n) is 8.41. The van der Waals surface area contributed by atoms with Gasteiger partial charge in [-0.05, 0) is 43.1 Å². The fraction of sp³-hybridized carbons (Fsp3) is 0.389. The molecular formula is C18H20BrN3O2S. The minimum Gasteiger partial charge on any atom is -0.507 e. The van der Waals surface area contributed by atoms with Crippen molar-refractivity contribution >= 4 is 38.2 Å². The molecule has 132 valence electrons. The summed E-state index contributed by atoms with van der Waals surface area (Å²) in [6.45, 7) is 6.94. The van der Waals surface area contributed by atoms with Crippen molar-refractivity contribution in [2.45, 2.75) is 33.0 Å². The predicted octanol–water partition coefficient (Wildman–Crippen LogP) is 3.76. The monoisotopic (exact) mass is 421 g/mol. The highest BCUT2D eigenvalue weighted by atomic mass is 79.9. The number of carbonyl (C=O) groups is 1. The number of aromatic hydroxyl groups is 1. The Hall–Kier alpha value is -1.57. The third-order valence-corrected chi connectivity index (χ3v) is 6.57. The van der Waals surface area contributed by atoms with Gasteiger partial charge in [-0.2, -0.15) is 0 Å². The van der Waals surface area contributed by atoms with Crippen molar-refractivity contribution in [1.29, 1.82) is 0 Å². The minimum absolute atomic E-state index is 0.0572. The minimum atomic E-state index is -0.432. The van der Waals surface area contributed by atoms with Gasteiger partial charge in [-0.25, -0.2) is 0 Å². The molecule has 0 saturated heterocycles. The number of rotatable bonds is 2. The van der Waals surface area contributed by atoms with Gasteiger partial charge in [0.1, 0.15) is 16.9 Å². The van der Waals surface area contributed by atoms with Crippen LogP contribution in [0.2, 0.25) is 0 Å². The molecule has 3 heterocycles. The van der Waals surface area contributed by atoms with E-state index < -0.39 is 6.17 Å². The van der Waals surface area contributed by atoms with Crippen LogP contribution in [0.5, 0.6) is 5.75 Å². The Labute approximate surface area is 159 Å². The van der Waals surface area contributed by atoms with E-state index in [9.17, 15) is 9.90 Å². The van der Waals surface area contributed by atoms with E-state index in [1.54, 1.807) is 11.3 Å². The number of phenolic OH excluding ortho intramolecular Hbond substituents is 1. The number of phenols is 1. The summed E-state index contributed by atoms with van der Waals surface area (Å²) in [4.78, 5) is 16.4. The number of fused-ring (bicyclic) bond motifs is 3. The number of hydrogen-bond donors (Lipinski definition) is 3. The van der Waals surface area contributed by atoms with Crippen molar-refractivity contribution in [1.82, 2.24) is 10.2 Å². The molecule has 4 rings (SSSR count). The fourth-order valence-electron chi connectivity index (χ4n) is 3.58. The molecule has 0 unspecified atom stereocenters. The van der Waals surface area contributed by atoms with Gasteiger partial charge < -0.3 is 15.7 Å². The number of benzene rings is 1. The highest BCUT2D eigenvalue weighted by molar-refractivity contribution is 9.10. The van der Waals surface area contributed by atoms with Crippen LogP contribution in [0, 0.1) is 6.92 Å². The number of aryl methyl sites for hydroxylation is 1. The molecule has 2 aromatic rings. The van der Waals surface area contributed by atoms with Gasteiger partial charge in [-0.1, -0.05) is 22.9 Å². The highest BCUT2D eigenvalue weighted by Crippen LogP contribution is 2.42. The number of hydrogen-bond acceptors (Lipinski definition) is 5. The van der Waals surface area contributed by atoms with Crippen molar-refractivity contribution < 1.29 is 9.90 Å². The summed E-state index contributed by atoms with van der Waals surface area (Å²) in [6, 6.07) is 3.70. The van der Waals surface area contributed by atoms with E-state index in [0.717, 1.165) is 46.7 Å². The van der Waals surface area contributed by atoms with E-state index >= 15 is 0 Å². The van der Waals surface area contributed by atoms with Gasteiger partial charge in [-0.3, -0.25) is 9.69 Å². The summed E-state index contributed by atoms with van der Waals surface area (Å²) < 4.78 is 0.878. The van der Waals surface area contributed by atoms with E-state index in [0.29, 0.717) is 5.56 Å². The van der Waals surface area contributed by atoms with Gasteiger partial charge in [0.15, 0.2) is 0 Å². The maximum atomic E-state index is 12.8. The number of halogens is 1. The molecule has 1 amide bonds. The van der Waals surface area contributed by atoms with Gasteiger partial charge in [0.25, 0.3) is 5.91 Å². The number of carbonyl (C=O) groups excluding carboxylic acids is 1. The van der Waals surface area contributed by atoms with E-state index in [4.69, 9.17) is 0 Å². The van der Waals surface area contributed by atoms with E-state index in [1.807, 2.05) is 19.1 Å². The van der Waals surface area contributed by atoms with Gasteiger partial charge in [0.2, 0.25) is 0 Å². The first-order chi connectivity index (χ1) is 12.0. The molecule has 25 heavy (non-hydrogen) atoms. The molecule has 1 aromatic heterocycles. The lowest BCUT2D eigenvalue weighted by molar-refractivity contribution is 0.0934. The lowest BCUT2D eigenvalue weighted by atomic mass is 9.99. The highest BCUT2D eigenvalue weighted by Gasteiger charge is 2.34. The lowest BCUT2D eigenvalue weighted by Crippen LogP contribution is -2.39. The van der Waals surface area contributed by atoms with Crippen LogP contribution in [0.1, 0.15) is 45.0 Å². The van der Waals surface area contributed by atoms with Crippen LogP contribution in [-0.2, 0) is 13.0 Å². The number of likely N-dealkylation sites (N-methyl/N-ethyl adjacent to an activating group) is 1. The Balaban J connectivity index is 1.71. The summed E-state index contributed by atoms with van der Waals surface area (Å²) in [5.74, 6) is 0.154. The number of anilines is 1. The third-order valence-electron chi connectivity index (χ3n) is 4.97. The van der Waals surface area contributed by atoms with Gasteiger partial charge in [0.05, 0.1) is 5.56 Å². The topological polar surface area (TPSA) is 64.6 Å². The zero-order valence-electron chi connectivity index (χ0n) is 14.1. The van der Waals surface area contributed by atoms with Crippen LogP contribution >= 0.6 is 27.3 Å². The summed E-state index contributed by atoms with van der Waals surface area (Å²) in [7, 11) is 0. The van der Waals surface area contributed by atoms with Gasteiger partial charge in [-0.15, -0.1) is 11.3 Å². The molecule has 0 bridgehead atoms. The lowest BCUT2D eigenvalue weighted by Gasteiger charge is -2.28. The zero-order valence-corrected chi connectivity index (χ0v) is 16.6. The number of nitrogens with zero attached hydrogens (tertiary/aromatic N) is 1. The Morgan fingerprint density at radius 1 is 1.40 bits per heavy atom. The average Bonchev–Trinajstić information content (AvgIpc) is 2.95. The Bertz CT molecular complexity index is 864. The van der Waals surface area contributed by atoms with E-state index in [-0.39, 0.29) is 11.7 Å². The largest absolute Gasteiger partial charge is 0.507 e. The summed E-state index contributed by atoms with van der Waals surface area (Å²) in [5.41, 5.74) is 3.42. The molecule has 7 heteroatoms. The smallest absolute Gasteiger partial charge is 0.256 e. The number of thiophene rings is 1. The van der Waals surface area contributed by atoms with Crippen LogP contribution in [0.25, 0.3) is 0 Å². The van der Waals surface area contributed by atoms with E-state index in [1.165, 1.54) is 10.4 Å². The van der Waals surface area contributed by atoms with Crippen LogP contribution in [0.3, 0.4) is 0 Å². The molecule has 5 nitrogen and oxygen atoms in total. The summed E-state index contributed by atoms with van der Waals surface area (Å²) in [6.07, 6.45) is 0.481. The molecule has 1 atom stereocenters. The standard InChI is InChI=1S/C18H20BrN3O2S/c1-3-22-5-4-11-13(8-22)25-18-14(11)17(24)20-16(21-18)12-7-10(19)6-9(2)15(12)23/h6-7,16,21,23H,3-5,8H2,1-2H3,(H,20,24)/t16-/m1/s1. The Morgan fingerprint density at radius 3 is 2.96 bits per heavy atom. The van der Waals surface area contributed by atoms with Crippen LogP contribution in [0.15, 0.2) is 16.6 Å². The van der Waals surface area contributed by atoms with Crippen molar-refractivity contribution in [3.05, 3.63) is 43.7 Å². The average molecular weight is 422 g/mol. The second-order valence-corrected chi connectivity index (χ2v) is 8.56.